The van der Waals surface area contributed by atoms with Gasteiger partial charge < -0.3 is 0 Å². The number of anilines is 2. The zero-order valence-electron chi connectivity index (χ0n) is 11.7. The molecule has 1 N–H and O–H groups in total. The maximum Gasteiger partial charge on any atom is 0.263 e. The highest BCUT2D eigenvalue weighted by molar-refractivity contribution is 6.37. The molecular formula is C18H13N3O. The van der Waals surface area contributed by atoms with Crippen LogP contribution in [-0.4, -0.2) is 16.1 Å². The second-order valence-corrected chi connectivity index (χ2v) is 5.08. The summed E-state index contributed by atoms with van der Waals surface area (Å²) in [6.45, 7) is 0. The van der Waals surface area contributed by atoms with Crippen molar-refractivity contribution in [3.8, 4) is 0 Å². The van der Waals surface area contributed by atoms with E-state index in [4.69, 9.17) is 0 Å². The molecule has 2 heterocycles. The largest absolute Gasteiger partial charge is 0.284 e. The van der Waals surface area contributed by atoms with Gasteiger partial charge in [-0.05, 0) is 17.7 Å². The molecule has 4 heteroatoms. The lowest BCUT2D eigenvalue weighted by Gasteiger charge is -2.13. The minimum atomic E-state index is -0.0357. The second-order valence-electron chi connectivity index (χ2n) is 5.08. The molecule has 0 aliphatic carbocycles. The fourth-order valence-electron chi connectivity index (χ4n) is 2.72. The summed E-state index contributed by atoms with van der Waals surface area (Å²) in [4.78, 5) is 14.6. The van der Waals surface area contributed by atoms with Crippen LogP contribution in [0.2, 0.25) is 0 Å². The Hall–Kier alpha value is -3.14. The van der Waals surface area contributed by atoms with E-state index < -0.39 is 0 Å². The van der Waals surface area contributed by atoms with Crippen molar-refractivity contribution >= 4 is 28.9 Å². The lowest BCUT2D eigenvalue weighted by Crippen LogP contribution is -2.19. The van der Waals surface area contributed by atoms with E-state index >= 15 is 0 Å². The van der Waals surface area contributed by atoms with Gasteiger partial charge in [-0.25, -0.2) is 0 Å². The summed E-state index contributed by atoms with van der Waals surface area (Å²) in [5.74, 6) is -0.0357. The number of fused-ring (bicyclic) bond motifs is 1. The predicted molar refractivity (Wildman–Crippen MR) is 86.5 cm³/mol. The van der Waals surface area contributed by atoms with Gasteiger partial charge >= 0.3 is 0 Å². The van der Waals surface area contributed by atoms with E-state index in [0.717, 1.165) is 22.5 Å². The summed E-state index contributed by atoms with van der Waals surface area (Å²) in [5, 5.41) is 6.70. The van der Waals surface area contributed by atoms with Crippen LogP contribution in [0.1, 0.15) is 11.1 Å². The molecule has 0 fully saturated rings. The highest BCUT2D eigenvalue weighted by Gasteiger charge is 2.33. The van der Waals surface area contributed by atoms with E-state index in [1.807, 2.05) is 60.7 Å². The topological polar surface area (TPSA) is 49.0 Å². The summed E-state index contributed by atoms with van der Waals surface area (Å²) < 4.78 is 0. The first-order valence-corrected chi connectivity index (χ1v) is 7.04. The van der Waals surface area contributed by atoms with Gasteiger partial charge in [0.15, 0.2) is 0 Å². The Bertz CT molecular complexity index is 851. The lowest BCUT2D eigenvalue weighted by atomic mass is 10.0. The lowest BCUT2D eigenvalue weighted by molar-refractivity contribution is -0.112. The fraction of sp³-hybridized carbons (Fsp3) is 0. The number of benzene rings is 2. The minimum Gasteiger partial charge on any atom is -0.284 e. The first-order chi connectivity index (χ1) is 10.8. The van der Waals surface area contributed by atoms with E-state index in [0.29, 0.717) is 5.57 Å². The maximum absolute atomic E-state index is 12.9. The van der Waals surface area contributed by atoms with Crippen LogP contribution in [0.25, 0.3) is 11.6 Å². The summed E-state index contributed by atoms with van der Waals surface area (Å²) in [6.07, 6.45) is 5.31. The smallest absolute Gasteiger partial charge is 0.263 e. The number of aromatic amines is 1. The van der Waals surface area contributed by atoms with E-state index in [1.165, 1.54) is 0 Å². The molecule has 1 amide bonds. The van der Waals surface area contributed by atoms with Crippen molar-refractivity contribution in [1.29, 1.82) is 0 Å². The molecule has 2 aromatic carbocycles. The van der Waals surface area contributed by atoms with Crippen LogP contribution in [-0.2, 0) is 4.79 Å². The number of nitrogens with zero attached hydrogens (tertiary/aromatic N) is 2. The van der Waals surface area contributed by atoms with Crippen LogP contribution in [0, 0.1) is 0 Å². The zero-order chi connectivity index (χ0) is 14.9. The molecule has 0 radical (unpaired) electrons. The van der Waals surface area contributed by atoms with Gasteiger partial charge in [0.1, 0.15) is 0 Å². The molecule has 0 bridgehead atoms. The van der Waals surface area contributed by atoms with Gasteiger partial charge in [0.05, 0.1) is 23.1 Å². The normalized spacial score (nSPS) is 15.4. The van der Waals surface area contributed by atoms with Gasteiger partial charge in [0.25, 0.3) is 5.91 Å². The van der Waals surface area contributed by atoms with Gasteiger partial charge in [-0.1, -0.05) is 48.5 Å². The van der Waals surface area contributed by atoms with Crippen LogP contribution in [0.3, 0.4) is 0 Å². The number of nitrogens with one attached hydrogen (secondary N) is 1. The molecule has 0 atom stereocenters. The standard InChI is InChI=1S/C18H13N3O/c22-18-16(10-13-6-2-1-3-7-13)15-8-4-5-9-17(15)21(18)14-11-19-20-12-14/h1-12H,(H,19,20). The van der Waals surface area contributed by atoms with E-state index in [-0.39, 0.29) is 5.91 Å². The van der Waals surface area contributed by atoms with Crippen LogP contribution >= 0.6 is 0 Å². The molecule has 0 unspecified atom stereocenters. The van der Waals surface area contributed by atoms with E-state index in [9.17, 15) is 4.79 Å². The highest BCUT2D eigenvalue weighted by atomic mass is 16.2. The highest BCUT2D eigenvalue weighted by Crippen LogP contribution is 2.41. The Kier molecular flexibility index (Phi) is 2.86. The first-order valence-electron chi connectivity index (χ1n) is 7.04. The average Bonchev–Trinajstić information content (AvgIpc) is 3.16. The Morgan fingerprint density at radius 3 is 2.55 bits per heavy atom. The van der Waals surface area contributed by atoms with Gasteiger partial charge in [-0.2, -0.15) is 5.10 Å². The predicted octanol–water partition coefficient (Wildman–Crippen LogP) is 3.63. The number of amides is 1. The Morgan fingerprint density at radius 2 is 1.77 bits per heavy atom. The van der Waals surface area contributed by atoms with Gasteiger partial charge in [0, 0.05) is 11.8 Å². The molecule has 0 saturated carbocycles. The van der Waals surface area contributed by atoms with Crippen LogP contribution in [0.4, 0.5) is 11.4 Å². The van der Waals surface area contributed by atoms with Crippen LogP contribution in [0.5, 0.6) is 0 Å². The van der Waals surface area contributed by atoms with Crippen molar-refractivity contribution in [1.82, 2.24) is 10.2 Å². The van der Waals surface area contributed by atoms with Crippen molar-refractivity contribution < 1.29 is 4.79 Å². The van der Waals surface area contributed by atoms with Gasteiger partial charge in [0.2, 0.25) is 0 Å². The second kappa shape index (κ2) is 5.00. The number of hydrogen-bond donors (Lipinski definition) is 1. The van der Waals surface area contributed by atoms with Crippen molar-refractivity contribution in [3.63, 3.8) is 0 Å². The quantitative estimate of drug-likeness (QED) is 0.732. The van der Waals surface area contributed by atoms with Crippen LogP contribution < -0.4 is 4.90 Å². The molecule has 106 valence electrons. The summed E-state index contributed by atoms with van der Waals surface area (Å²) in [6, 6.07) is 17.7. The Balaban J connectivity index is 1.88. The Morgan fingerprint density at radius 1 is 1.00 bits per heavy atom. The molecule has 1 aliphatic heterocycles. The molecule has 4 nitrogen and oxygen atoms in total. The molecule has 0 saturated heterocycles. The number of carbonyl (C=O) groups excluding carboxylic acids is 1. The van der Waals surface area contributed by atoms with Gasteiger partial charge in [-0.15, -0.1) is 0 Å². The van der Waals surface area contributed by atoms with Gasteiger partial charge in [-0.3, -0.25) is 14.8 Å². The monoisotopic (exact) mass is 287 g/mol. The van der Waals surface area contributed by atoms with Crippen LogP contribution in [0.15, 0.2) is 67.0 Å². The third kappa shape index (κ3) is 1.93. The molecular weight excluding hydrogens is 274 g/mol. The molecule has 3 aromatic rings. The average molecular weight is 287 g/mol. The molecule has 4 rings (SSSR count). The SMILES string of the molecule is O=C1C(=Cc2ccccc2)c2ccccc2N1c1cn[nH]c1. The molecule has 1 aromatic heterocycles. The van der Waals surface area contributed by atoms with Crippen molar-refractivity contribution in [2.45, 2.75) is 0 Å². The third-order valence-corrected chi connectivity index (χ3v) is 3.72. The first kappa shape index (κ1) is 12.6. The van der Waals surface area contributed by atoms with Crippen molar-refractivity contribution in [3.05, 3.63) is 78.1 Å². The fourth-order valence-corrected chi connectivity index (χ4v) is 2.72. The van der Waals surface area contributed by atoms with E-state index in [2.05, 4.69) is 10.2 Å². The van der Waals surface area contributed by atoms with E-state index in [1.54, 1.807) is 17.3 Å². The number of rotatable bonds is 2. The van der Waals surface area contributed by atoms with Crippen molar-refractivity contribution in [2.24, 2.45) is 0 Å². The number of aromatic nitrogens is 2. The summed E-state index contributed by atoms with van der Waals surface area (Å²) in [5.41, 5.74) is 4.28. The third-order valence-electron chi connectivity index (χ3n) is 3.72. The zero-order valence-corrected chi connectivity index (χ0v) is 11.7. The molecule has 0 spiro atoms. The maximum atomic E-state index is 12.9. The number of para-hydroxylation sites is 1. The van der Waals surface area contributed by atoms with Crippen molar-refractivity contribution in [2.75, 3.05) is 4.90 Å². The number of H-pyrrole nitrogens is 1. The molecule has 22 heavy (non-hydrogen) atoms. The summed E-state index contributed by atoms with van der Waals surface area (Å²) in [7, 11) is 0. The minimum absolute atomic E-state index is 0.0357. The molecule has 1 aliphatic rings. The summed E-state index contributed by atoms with van der Waals surface area (Å²) >= 11 is 0. The number of hydrogen-bond acceptors (Lipinski definition) is 2. The Labute approximate surface area is 127 Å². The number of carbonyl (C=O) groups is 1.